The summed E-state index contributed by atoms with van der Waals surface area (Å²) in [5.74, 6) is -0.486. The van der Waals surface area contributed by atoms with Crippen molar-refractivity contribution in [1.82, 2.24) is 10.6 Å². The van der Waals surface area contributed by atoms with Gasteiger partial charge in [0.2, 0.25) is 5.91 Å². The van der Waals surface area contributed by atoms with Crippen LogP contribution in [-0.2, 0) is 16.0 Å². The maximum absolute atomic E-state index is 12.4. The first-order valence-electron chi connectivity index (χ1n) is 9.70. The first kappa shape index (κ1) is 21.7. The zero-order valence-electron chi connectivity index (χ0n) is 16.9. The van der Waals surface area contributed by atoms with Gasteiger partial charge in [0.1, 0.15) is 5.60 Å². The van der Waals surface area contributed by atoms with Crippen LogP contribution in [0.1, 0.15) is 64.0 Å². The Morgan fingerprint density at radius 1 is 1.21 bits per heavy atom. The van der Waals surface area contributed by atoms with E-state index in [1.165, 1.54) is 0 Å². The van der Waals surface area contributed by atoms with E-state index in [-0.39, 0.29) is 0 Å². The van der Waals surface area contributed by atoms with Gasteiger partial charge in [0.15, 0.2) is 0 Å². The summed E-state index contributed by atoms with van der Waals surface area (Å²) in [6, 6.07) is 8.46. The molecule has 1 saturated carbocycles. The minimum absolute atomic E-state index is 0.374. The van der Waals surface area contributed by atoms with Gasteiger partial charge < -0.3 is 15.8 Å². The topological polar surface area (TPSA) is 117 Å². The minimum Gasteiger partial charge on any atom is -0.444 e. The Hall–Kier alpha value is -2.59. The molecule has 0 unspecified atom stereocenters. The van der Waals surface area contributed by atoms with Crippen molar-refractivity contribution in [1.29, 1.82) is 5.26 Å². The molecule has 0 aromatic heterocycles. The quantitative estimate of drug-likeness (QED) is 0.650. The van der Waals surface area contributed by atoms with E-state index in [2.05, 4.69) is 16.7 Å². The number of hydrogen-bond donors (Lipinski definition) is 3. The van der Waals surface area contributed by atoms with Crippen molar-refractivity contribution in [3.05, 3.63) is 35.4 Å². The van der Waals surface area contributed by atoms with Crippen molar-refractivity contribution in [3.8, 4) is 6.07 Å². The van der Waals surface area contributed by atoms with E-state index in [0.717, 1.165) is 24.8 Å². The van der Waals surface area contributed by atoms with Crippen molar-refractivity contribution in [2.75, 3.05) is 0 Å². The van der Waals surface area contributed by atoms with Gasteiger partial charge in [-0.1, -0.05) is 18.6 Å². The normalized spacial score (nSPS) is 17.2. The van der Waals surface area contributed by atoms with Crippen LogP contribution in [0, 0.1) is 11.3 Å². The lowest BCUT2D eigenvalue weighted by Gasteiger charge is -2.41. The van der Waals surface area contributed by atoms with E-state index in [1.807, 2.05) is 32.9 Å². The van der Waals surface area contributed by atoms with Crippen molar-refractivity contribution in [3.63, 3.8) is 0 Å². The third-order valence-corrected chi connectivity index (χ3v) is 4.76. The van der Waals surface area contributed by atoms with E-state index < -0.39 is 29.3 Å². The van der Waals surface area contributed by atoms with Gasteiger partial charge in [-0.3, -0.25) is 10.1 Å². The molecule has 7 heteroatoms. The molecule has 1 aliphatic carbocycles. The molecular formula is C21H30N4O3. The van der Waals surface area contributed by atoms with Crippen LogP contribution in [0.3, 0.4) is 0 Å². The molecule has 1 atom stereocenters. The zero-order chi connectivity index (χ0) is 20.8. The molecule has 0 heterocycles. The Morgan fingerprint density at radius 2 is 1.82 bits per heavy atom. The predicted octanol–water partition coefficient (Wildman–Crippen LogP) is 2.73. The van der Waals surface area contributed by atoms with Gasteiger partial charge in [-0.15, -0.1) is 0 Å². The first-order chi connectivity index (χ1) is 13.1. The molecule has 1 aromatic rings. The predicted molar refractivity (Wildman–Crippen MR) is 106 cm³/mol. The molecular weight excluding hydrogens is 356 g/mol. The lowest BCUT2D eigenvalue weighted by molar-refractivity contribution is -0.121. The fourth-order valence-electron chi connectivity index (χ4n) is 3.47. The van der Waals surface area contributed by atoms with Crippen LogP contribution in [0.4, 0.5) is 4.79 Å². The molecule has 7 nitrogen and oxygen atoms in total. The van der Waals surface area contributed by atoms with Gasteiger partial charge in [0, 0.05) is 0 Å². The summed E-state index contributed by atoms with van der Waals surface area (Å²) in [4.78, 5) is 24.5. The Morgan fingerprint density at radius 3 is 2.32 bits per heavy atom. The van der Waals surface area contributed by atoms with E-state index in [9.17, 15) is 9.59 Å². The van der Waals surface area contributed by atoms with E-state index in [0.29, 0.717) is 24.8 Å². The van der Waals surface area contributed by atoms with Crippen molar-refractivity contribution in [2.24, 2.45) is 5.73 Å². The molecule has 1 aromatic carbocycles. The minimum atomic E-state index is -0.729. The van der Waals surface area contributed by atoms with E-state index >= 15 is 0 Å². The molecule has 1 fully saturated rings. The number of alkyl carbamates (subject to hydrolysis) is 1. The summed E-state index contributed by atoms with van der Waals surface area (Å²) in [5.41, 5.74) is 5.76. The molecule has 2 amide bonds. The van der Waals surface area contributed by atoms with Gasteiger partial charge >= 0.3 is 6.09 Å². The summed E-state index contributed by atoms with van der Waals surface area (Å²) in [7, 11) is 0. The van der Waals surface area contributed by atoms with E-state index in [1.54, 1.807) is 12.1 Å². The second kappa shape index (κ2) is 9.07. The highest BCUT2D eigenvalue weighted by Crippen LogP contribution is 2.27. The van der Waals surface area contributed by atoms with Gasteiger partial charge in [0.25, 0.3) is 0 Å². The Bertz CT molecular complexity index is 726. The summed E-state index contributed by atoms with van der Waals surface area (Å²) in [5, 5.41) is 15.2. The van der Waals surface area contributed by atoms with Crippen molar-refractivity contribution < 1.29 is 14.3 Å². The number of nitrogens with one attached hydrogen (secondary N) is 2. The Labute approximate surface area is 166 Å². The molecule has 152 valence electrons. The summed E-state index contributed by atoms with van der Waals surface area (Å²) in [6.07, 6.45) is 4.21. The fourth-order valence-corrected chi connectivity index (χ4v) is 3.47. The number of carbonyl (C=O) groups is 2. The lowest BCUT2D eigenvalue weighted by Crippen LogP contribution is -2.65. The van der Waals surface area contributed by atoms with Gasteiger partial charge in [-0.2, -0.15) is 5.26 Å². The number of amides is 2. The molecule has 0 radical (unpaired) electrons. The summed E-state index contributed by atoms with van der Waals surface area (Å²) < 4.78 is 5.41. The summed E-state index contributed by atoms with van der Waals surface area (Å²) in [6.45, 7) is 5.43. The van der Waals surface area contributed by atoms with Crippen LogP contribution in [0.15, 0.2) is 24.3 Å². The van der Waals surface area contributed by atoms with Gasteiger partial charge in [-0.25, -0.2) is 4.79 Å². The van der Waals surface area contributed by atoms with Crippen LogP contribution < -0.4 is 16.4 Å². The molecule has 0 saturated heterocycles. The Kier molecular flexibility index (Phi) is 7.03. The number of hydrogen-bond acceptors (Lipinski definition) is 5. The van der Waals surface area contributed by atoms with Crippen molar-refractivity contribution >= 4 is 12.0 Å². The highest BCUT2D eigenvalue weighted by Gasteiger charge is 2.38. The SMILES string of the molecule is CC(C)(C)OC(=O)NC1(N[C@H](Cc2ccc(C#N)cc2)C(N)=O)CCCCC1. The van der Waals surface area contributed by atoms with Crippen molar-refractivity contribution in [2.45, 2.75) is 76.6 Å². The maximum Gasteiger partial charge on any atom is 0.409 e. The molecule has 0 bridgehead atoms. The number of nitrogens with two attached hydrogens (primary N) is 1. The largest absolute Gasteiger partial charge is 0.444 e. The number of primary amides is 1. The maximum atomic E-state index is 12.4. The lowest BCUT2D eigenvalue weighted by atomic mass is 9.87. The summed E-state index contributed by atoms with van der Waals surface area (Å²) >= 11 is 0. The monoisotopic (exact) mass is 386 g/mol. The van der Waals surface area contributed by atoms with Gasteiger partial charge in [0.05, 0.1) is 23.3 Å². The molecule has 28 heavy (non-hydrogen) atoms. The smallest absolute Gasteiger partial charge is 0.409 e. The number of benzene rings is 1. The molecule has 1 aliphatic rings. The Balaban J connectivity index is 2.15. The third-order valence-electron chi connectivity index (χ3n) is 4.76. The van der Waals surface area contributed by atoms with Crippen LogP contribution in [0.5, 0.6) is 0 Å². The van der Waals surface area contributed by atoms with E-state index in [4.69, 9.17) is 15.7 Å². The molecule has 4 N–H and O–H groups in total. The number of rotatable bonds is 6. The molecule has 2 rings (SSSR count). The first-order valence-corrected chi connectivity index (χ1v) is 9.70. The van der Waals surface area contributed by atoms with Gasteiger partial charge in [-0.05, 0) is 70.6 Å². The number of ether oxygens (including phenoxy) is 1. The van der Waals surface area contributed by atoms with Crippen LogP contribution in [-0.4, -0.2) is 29.3 Å². The number of nitriles is 1. The highest BCUT2D eigenvalue weighted by atomic mass is 16.6. The van der Waals surface area contributed by atoms with Crippen LogP contribution in [0.25, 0.3) is 0 Å². The average Bonchev–Trinajstić information content (AvgIpc) is 2.60. The highest BCUT2D eigenvalue weighted by molar-refractivity contribution is 5.80. The fraction of sp³-hybridized carbons (Fsp3) is 0.571. The third kappa shape index (κ3) is 6.54. The van der Waals surface area contributed by atoms with Crippen LogP contribution >= 0.6 is 0 Å². The second-order valence-electron chi connectivity index (χ2n) is 8.38. The standard InChI is InChI=1S/C21H30N4O3/c1-20(2,3)28-19(27)25-21(11-5-4-6-12-21)24-17(18(23)26)13-15-7-9-16(14-22)10-8-15/h7-10,17,24H,4-6,11-13H2,1-3H3,(H2,23,26)(H,25,27)/t17-/m1/s1. The molecule has 0 spiro atoms. The average molecular weight is 386 g/mol. The number of nitrogens with zero attached hydrogens (tertiary/aromatic N) is 1. The molecule has 0 aliphatic heterocycles. The van der Waals surface area contributed by atoms with Crippen LogP contribution in [0.2, 0.25) is 0 Å². The number of carbonyl (C=O) groups excluding carboxylic acids is 2. The second-order valence-corrected chi connectivity index (χ2v) is 8.38. The zero-order valence-corrected chi connectivity index (χ0v) is 16.9.